The van der Waals surface area contributed by atoms with E-state index in [1.54, 1.807) is 24.1 Å². The van der Waals surface area contributed by atoms with Crippen LogP contribution in [0, 0.1) is 11.3 Å². The van der Waals surface area contributed by atoms with Crippen LogP contribution in [0.5, 0.6) is 5.75 Å². The Morgan fingerprint density at radius 2 is 2.09 bits per heavy atom. The van der Waals surface area contributed by atoms with Gasteiger partial charge in [-0.15, -0.1) is 0 Å². The first-order valence-electron chi connectivity index (χ1n) is 6.92. The minimum absolute atomic E-state index is 0.0116. The molecule has 0 saturated heterocycles. The van der Waals surface area contributed by atoms with Crippen molar-refractivity contribution in [3.8, 4) is 11.8 Å². The normalized spacial score (nSPS) is 17.4. The van der Waals surface area contributed by atoms with Crippen LogP contribution < -0.4 is 10.1 Å². The number of hydrogen-bond donors (Lipinski definition) is 1. The summed E-state index contributed by atoms with van der Waals surface area (Å²) in [5.74, 6) is 0.185. The van der Waals surface area contributed by atoms with Crippen molar-refractivity contribution in [2.45, 2.75) is 13.0 Å². The van der Waals surface area contributed by atoms with Gasteiger partial charge in [-0.1, -0.05) is 12.1 Å². The molecule has 7 heteroatoms. The summed E-state index contributed by atoms with van der Waals surface area (Å²) in [6.45, 7) is 1.82. The Balaban J connectivity index is 2.37. The Labute approximate surface area is 140 Å². The average molecular weight is 331 g/mol. The fourth-order valence-corrected chi connectivity index (χ4v) is 2.59. The summed E-state index contributed by atoms with van der Waals surface area (Å²) in [5, 5.41) is 12.2. The van der Waals surface area contributed by atoms with Gasteiger partial charge in [-0.05, 0) is 36.8 Å². The van der Waals surface area contributed by atoms with E-state index in [-0.39, 0.29) is 6.61 Å². The number of carbonyl (C=O) groups excluding carboxylic acids is 1. The lowest BCUT2D eigenvalue weighted by molar-refractivity contribution is -0.136. The molecule has 1 atom stereocenters. The molecule has 1 aromatic carbocycles. The van der Waals surface area contributed by atoms with Crippen LogP contribution in [0.15, 0.2) is 35.5 Å². The zero-order valence-electron chi connectivity index (χ0n) is 13.1. The molecule has 1 aliphatic heterocycles. The molecule has 1 heterocycles. The van der Waals surface area contributed by atoms with Gasteiger partial charge in [0.25, 0.3) is 0 Å². The van der Waals surface area contributed by atoms with Gasteiger partial charge >= 0.3 is 5.97 Å². The summed E-state index contributed by atoms with van der Waals surface area (Å²) in [6, 6.07) is 8.68. The first kappa shape index (κ1) is 16.8. The number of methoxy groups -OCH3 is 1. The van der Waals surface area contributed by atoms with Gasteiger partial charge in [0.05, 0.1) is 18.7 Å². The van der Waals surface area contributed by atoms with Crippen molar-refractivity contribution in [1.29, 1.82) is 5.26 Å². The fraction of sp³-hybridized carbons (Fsp3) is 0.312. The number of rotatable bonds is 4. The molecule has 1 N–H and O–H groups in total. The third-order valence-electron chi connectivity index (χ3n) is 3.68. The van der Waals surface area contributed by atoms with Crippen LogP contribution in [0.3, 0.4) is 0 Å². The van der Waals surface area contributed by atoms with E-state index in [9.17, 15) is 4.79 Å². The van der Waals surface area contributed by atoms with Crippen molar-refractivity contribution in [2.24, 2.45) is 0 Å². The van der Waals surface area contributed by atoms with Crippen LogP contribution in [-0.4, -0.2) is 36.7 Å². The number of nitrogens with one attached hydrogen (secondary N) is 1. The maximum Gasteiger partial charge on any atom is 0.337 e. The molecule has 23 heavy (non-hydrogen) atoms. The summed E-state index contributed by atoms with van der Waals surface area (Å²) in [6.07, 6.45) is 0. The van der Waals surface area contributed by atoms with E-state index in [1.165, 1.54) is 7.11 Å². The number of thiocarbonyl (C=S) groups is 1. The van der Waals surface area contributed by atoms with Gasteiger partial charge in [-0.25, -0.2) is 4.79 Å². The molecule has 0 spiro atoms. The van der Waals surface area contributed by atoms with Gasteiger partial charge in [0.2, 0.25) is 0 Å². The lowest BCUT2D eigenvalue weighted by Crippen LogP contribution is -2.46. The van der Waals surface area contributed by atoms with E-state index in [4.69, 9.17) is 27.0 Å². The van der Waals surface area contributed by atoms with Crippen LogP contribution in [0.1, 0.15) is 18.5 Å². The van der Waals surface area contributed by atoms with Crippen LogP contribution in [0.2, 0.25) is 0 Å². The summed E-state index contributed by atoms with van der Waals surface area (Å²) >= 11 is 5.31. The average Bonchev–Trinajstić information content (AvgIpc) is 2.57. The number of carbonyl (C=O) groups is 1. The van der Waals surface area contributed by atoms with Gasteiger partial charge < -0.3 is 19.7 Å². The molecule has 0 saturated carbocycles. The predicted octanol–water partition coefficient (Wildman–Crippen LogP) is 1.90. The van der Waals surface area contributed by atoms with E-state index >= 15 is 0 Å². The molecule has 0 fully saturated rings. The first-order chi connectivity index (χ1) is 11.0. The second-order valence-corrected chi connectivity index (χ2v) is 5.33. The maximum atomic E-state index is 12.2. The second-order valence-electron chi connectivity index (χ2n) is 4.95. The van der Waals surface area contributed by atoms with Crippen molar-refractivity contribution in [2.75, 3.05) is 20.8 Å². The molecule has 6 nitrogen and oxygen atoms in total. The molecule has 1 aromatic rings. The van der Waals surface area contributed by atoms with Crippen molar-refractivity contribution >= 4 is 23.3 Å². The largest absolute Gasteiger partial charge is 0.479 e. The van der Waals surface area contributed by atoms with E-state index in [0.29, 0.717) is 16.4 Å². The van der Waals surface area contributed by atoms with E-state index in [1.807, 2.05) is 25.1 Å². The van der Waals surface area contributed by atoms with Crippen molar-refractivity contribution in [3.05, 3.63) is 41.1 Å². The summed E-state index contributed by atoms with van der Waals surface area (Å²) in [7, 11) is 3.15. The Morgan fingerprint density at radius 3 is 2.65 bits per heavy atom. The van der Waals surface area contributed by atoms with Crippen LogP contribution in [0.25, 0.3) is 0 Å². The molecule has 120 valence electrons. The minimum atomic E-state index is -0.404. The summed E-state index contributed by atoms with van der Waals surface area (Å²) in [4.78, 5) is 13.9. The highest BCUT2D eigenvalue weighted by atomic mass is 32.1. The van der Waals surface area contributed by atoms with Gasteiger partial charge in [-0.2, -0.15) is 5.26 Å². The monoisotopic (exact) mass is 331 g/mol. The molecule has 0 unspecified atom stereocenters. The smallest absolute Gasteiger partial charge is 0.337 e. The standard InChI is InChI=1S/C16H17N3O3S/c1-10-13(15(20)21-3)14(18-16(23)19(10)2)11-4-6-12(7-5-11)22-9-8-17/h4-7,14H,9H2,1-3H3,(H,18,23)/t14-/m0/s1. The number of nitrogens with zero attached hydrogens (tertiary/aromatic N) is 2. The highest BCUT2D eigenvalue weighted by molar-refractivity contribution is 7.80. The summed E-state index contributed by atoms with van der Waals surface area (Å²) in [5.41, 5.74) is 2.11. The number of esters is 1. The zero-order chi connectivity index (χ0) is 17.0. The van der Waals surface area contributed by atoms with Crippen LogP contribution in [0.4, 0.5) is 0 Å². The van der Waals surface area contributed by atoms with Crippen molar-refractivity contribution in [1.82, 2.24) is 10.2 Å². The molecular weight excluding hydrogens is 314 g/mol. The molecule has 0 aromatic heterocycles. The van der Waals surface area contributed by atoms with Crippen molar-refractivity contribution < 1.29 is 14.3 Å². The quantitative estimate of drug-likeness (QED) is 0.667. The molecular formula is C16H17N3O3S. The predicted molar refractivity (Wildman–Crippen MR) is 88.5 cm³/mol. The highest BCUT2D eigenvalue weighted by Gasteiger charge is 2.33. The number of benzene rings is 1. The molecule has 2 rings (SSSR count). The molecule has 1 aliphatic rings. The van der Waals surface area contributed by atoms with Gasteiger partial charge in [0, 0.05) is 12.7 Å². The zero-order valence-corrected chi connectivity index (χ0v) is 13.9. The van der Waals surface area contributed by atoms with Gasteiger partial charge in [0.1, 0.15) is 11.8 Å². The molecule has 0 aliphatic carbocycles. The molecule has 0 amide bonds. The third-order valence-corrected chi connectivity index (χ3v) is 4.07. The van der Waals surface area contributed by atoms with E-state index in [2.05, 4.69) is 5.32 Å². The second kappa shape index (κ2) is 7.11. The number of ether oxygens (including phenoxy) is 2. The van der Waals surface area contributed by atoms with E-state index < -0.39 is 12.0 Å². The maximum absolute atomic E-state index is 12.2. The Bertz CT molecular complexity index is 692. The van der Waals surface area contributed by atoms with Crippen LogP contribution >= 0.6 is 12.2 Å². The SMILES string of the molecule is COC(=O)C1=C(C)N(C)C(=S)N[C@H]1c1ccc(OCC#N)cc1. The number of hydrogen-bond acceptors (Lipinski definition) is 5. The lowest BCUT2D eigenvalue weighted by Gasteiger charge is -2.35. The Hall–Kier alpha value is -2.59. The van der Waals surface area contributed by atoms with Crippen LogP contribution in [-0.2, 0) is 9.53 Å². The topological polar surface area (TPSA) is 74.6 Å². The minimum Gasteiger partial charge on any atom is -0.479 e. The van der Waals surface area contributed by atoms with Crippen molar-refractivity contribution in [3.63, 3.8) is 0 Å². The van der Waals surface area contributed by atoms with E-state index in [0.717, 1.165) is 11.3 Å². The number of nitriles is 1. The first-order valence-corrected chi connectivity index (χ1v) is 7.33. The summed E-state index contributed by atoms with van der Waals surface area (Å²) < 4.78 is 10.1. The van der Waals surface area contributed by atoms with Gasteiger partial charge in [-0.3, -0.25) is 0 Å². The fourth-order valence-electron chi connectivity index (χ4n) is 2.33. The lowest BCUT2D eigenvalue weighted by atomic mass is 9.95. The number of allylic oxidation sites excluding steroid dienone is 1. The molecule has 0 radical (unpaired) electrons. The Morgan fingerprint density at radius 1 is 1.43 bits per heavy atom. The highest BCUT2D eigenvalue weighted by Crippen LogP contribution is 2.31. The molecule has 0 bridgehead atoms. The third kappa shape index (κ3) is 3.43. The Kier molecular flexibility index (Phi) is 5.19. The van der Waals surface area contributed by atoms with Gasteiger partial charge in [0.15, 0.2) is 11.7 Å².